The maximum Gasteiger partial charge on any atom is 0.136 e. The molecule has 0 aliphatic rings. The minimum Gasteiger partial charge on any atom is -0.456 e. The number of fused-ring (bicyclic) bond motifs is 12. The SMILES string of the molecule is c1ccc(-c2c3c(cc4c(-c5cccc(-c6cccc(-c7ccc8c9ccccc9c9ccccc9c8c7)c6)c5)nc5ccccc5c24)oc2ccccc23)cc1. The van der Waals surface area contributed by atoms with Crippen LogP contribution < -0.4 is 0 Å². The van der Waals surface area contributed by atoms with E-state index in [0.717, 1.165) is 66.2 Å². The van der Waals surface area contributed by atoms with Gasteiger partial charge in [0.15, 0.2) is 0 Å². The van der Waals surface area contributed by atoms with Gasteiger partial charge >= 0.3 is 0 Å². The van der Waals surface area contributed by atoms with Gasteiger partial charge in [-0.15, -0.1) is 0 Å². The molecule has 2 heteroatoms. The van der Waals surface area contributed by atoms with Crippen molar-refractivity contribution in [2.24, 2.45) is 0 Å². The van der Waals surface area contributed by atoms with Crippen LogP contribution in [-0.4, -0.2) is 4.98 Å². The molecule has 12 rings (SSSR count). The van der Waals surface area contributed by atoms with Crippen molar-refractivity contribution >= 4 is 75.9 Å². The predicted octanol–water partition coefficient (Wildman–Crippen LogP) is 15.4. The van der Waals surface area contributed by atoms with Crippen molar-refractivity contribution in [1.29, 1.82) is 0 Å². The van der Waals surface area contributed by atoms with E-state index in [1.165, 1.54) is 54.4 Å². The summed E-state index contributed by atoms with van der Waals surface area (Å²) in [4.78, 5) is 5.40. The molecule has 264 valence electrons. The minimum absolute atomic E-state index is 0.862. The summed E-state index contributed by atoms with van der Waals surface area (Å²) in [6.07, 6.45) is 0. The highest BCUT2D eigenvalue weighted by molar-refractivity contribution is 6.28. The van der Waals surface area contributed by atoms with Crippen LogP contribution in [0.3, 0.4) is 0 Å². The van der Waals surface area contributed by atoms with Crippen LogP contribution in [0.2, 0.25) is 0 Å². The highest BCUT2D eigenvalue weighted by atomic mass is 16.3. The number of nitrogens with zero attached hydrogens (tertiary/aromatic N) is 1. The quantitative estimate of drug-likeness (QED) is 0.169. The highest BCUT2D eigenvalue weighted by Crippen LogP contribution is 2.46. The Morgan fingerprint density at radius 2 is 0.789 bits per heavy atom. The molecule has 0 unspecified atom stereocenters. The molecule has 0 radical (unpaired) electrons. The lowest BCUT2D eigenvalue weighted by Gasteiger charge is -2.16. The second kappa shape index (κ2) is 12.5. The van der Waals surface area contributed by atoms with Gasteiger partial charge in [-0.25, -0.2) is 4.98 Å². The molecule has 0 amide bonds. The first kappa shape index (κ1) is 31.8. The van der Waals surface area contributed by atoms with E-state index in [9.17, 15) is 0 Å². The van der Waals surface area contributed by atoms with Gasteiger partial charge in [-0.3, -0.25) is 0 Å². The smallest absolute Gasteiger partial charge is 0.136 e. The average molecular weight is 724 g/mol. The predicted molar refractivity (Wildman–Crippen MR) is 241 cm³/mol. The molecule has 0 spiro atoms. The maximum atomic E-state index is 6.62. The van der Waals surface area contributed by atoms with Gasteiger partial charge in [0.1, 0.15) is 11.2 Å². The summed E-state index contributed by atoms with van der Waals surface area (Å²) in [7, 11) is 0. The van der Waals surface area contributed by atoms with Crippen molar-refractivity contribution in [3.05, 3.63) is 200 Å². The second-order valence-electron chi connectivity index (χ2n) is 15.0. The van der Waals surface area contributed by atoms with Crippen LogP contribution in [0.5, 0.6) is 0 Å². The second-order valence-corrected chi connectivity index (χ2v) is 15.0. The van der Waals surface area contributed by atoms with Gasteiger partial charge in [0, 0.05) is 38.1 Å². The minimum atomic E-state index is 0.862. The Bertz CT molecular complexity index is 3540. The van der Waals surface area contributed by atoms with E-state index in [1.54, 1.807) is 0 Å². The molecule has 0 fully saturated rings. The monoisotopic (exact) mass is 723 g/mol. The first-order valence-corrected chi connectivity index (χ1v) is 19.5. The normalized spacial score (nSPS) is 11.9. The fourth-order valence-electron chi connectivity index (χ4n) is 9.24. The van der Waals surface area contributed by atoms with Gasteiger partial charge in [0.2, 0.25) is 0 Å². The van der Waals surface area contributed by atoms with Gasteiger partial charge in [-0.2, -0.15) is 0 Å². The molecule has 2 heterocycles. The van der Waals surface area contributed by atoms with Crippen molar-refractivity contribution in [3.63, 3.8) is 0 Å². The Balaban J connectivity index is 1.05. The highest BCUT2D eigenvalue weighted by Gasteiger charge is 2.22. The number of hydrogen-bond acceptors (Lipinski definition) is 2. The first-order valence-electron chi connectivity index (χ1n) is 19.5. The van der Waals surface area contributed by atoms with Gasteiger partial charge < -0.3 is 4.42 Å². The molecule has 0 aliphatic carbocycles. The van der Waals surface area contributed by atoms with Crippen molar-refractivity contribution in [1.82, 2.24) is 4.98 Å². The lowest BCUT2D eigenvalue weighted by molar-refractivity contribution is 0.669. The number of hydrogen-bond donors (Lipinski definition) is 0. The Kier molecular flexibility index (Phi) is 6.96. The zero-order chi connectivity index (χ0) is 37.5. The topological polar surface area (TPSA) is 26.0 Å². The van der Waals surface area contributed by atoms with Gasteiger partial charge in [0.25, 0.3) is 0 Å². The van der Waals surface area contributed by atoms with Crippen molar-refractivity contribution in [2.75, 3.05) is 0 Å². The van der Waals surface area contributed by atoms with Gasteiger partial charge in [0.05, 0.1) is 11.2 Å². The lowest BCUT2D eigenvalue weighted by Crippen LogP contribution is -1.93. The third-order valence-corrected chi connectivity index (χ3v) is 11.8. The van der Waals surface area contributed by atoms with Crippen LogP contribution >= 0.6 is 0 Å². The molecule has 10 aromatic carbocycles. The summed E-state index contributed by atoms with van der Waals surface area (Å²) >= 11 is 0. The fourth-order valence-corrected chi connectivity index (χ4v) is 9.24. The van der Waals surface area contributed by atoms with Crippen LogP contribution in [0.4, 0.5) is 0 Å². The van der Waals surface area contributed by atoms with E-state index in [0.29, 0.717) is 0 Å². The van der Waals surface area contributed by atoms with Crippen LogP contribution in [0.25, 0.3) is 121 Å². The van der Waals surface area contributed by atoms with Crippen LogP contribution in [-0.2, 0) is 0 Å². The molecule has 2 aromatic heterocycles. The summed E-state index contributed by atoms with van der Waals surface area (Å²) in [5, 5.41) is 13.3. The summed E-state index contributed by atoms with van der Waals surface area (Å²) in [5.74, 6) is 0. The van der Waals surface area contributed by atoms with Gasteiger partial charge in [-0.05, 0) is 96.5 Å². The van der Waals surface area contributed by atoms with Crippen LogP contribution in [0.15, 0.2) is 205 Å². The lowest BCUT2D eigenvalue weighted by atomic mass is 9.89. The number of para-hydroxylation sites is 2. The summed E-state index contributed by atoms with van der Waals surface area (Å²) < 4.78 is 6.62. The van der Waals surface area contributed by atoms with E-state index in [4.69, 9.17) is 9.40 Å². The third kappa shape index (κ3) is 4.94. The van der Waals surface area contributed by atoms with Crippen molar-refractivity contribution < 1.29 is 4.42 Å². The average Bonchev–Trinajstić information content (AvgIpc) is 3.66. The molecule has 0 aliphatic heterocycles. The Morgan fingerprint density at radius 1 is 0.281 bits per heavy atom. The number of rotatable bonds is 4. The van der Waals surface area contributed by atoms with E-state index < -0.39 is 0 Å². The largest absolute Gasteiger partial charge is 0.456 e. The maximum absolute atomic E-state index is 6.62. The van der Waals surface area contributed by atoms with E-state index >= 15 is 0 Å². The van der Waals surface area contributed by atoms with Gasteiger partial charge in [-0.1, -0.05) is 164 Å². The summed E-state index contributed by atoms with van der Waals surface area (Å²) in [6, 6.07) is 72.1. The third-order valence-electron chi connectivity index (χ3n) is 11.8. The number of aromatic nitrogens is 1. The zero-order valence-electron chi connectivity index (χ0n) is 30.9. The Hall–Kier alpha value is -7.55. The summed E-state index contributed by atoms with van der Waals surface area (Å²) in [6.45, 7) is 0. The molecule has 57 heavy (non-hydrogen) atoms. The molecular weight excluding hydrogens is 691 g/mol. The van der Waals surface area contributed by atoms with E-state index in [1.807, 2.05) is 6.07 Å². The van der Waals surface area contributed by atoms with Crippen LogP contribution in [0.1, 0.15) is 0 Å². The number of pyridine rings is 1. The molecule has 0 saturated carbocycles. The molecule has 0 atom stereocenters. The molecule has 0 saturated heterocycles. The molecule has 0 N–H and O–H groups in total. The molecule has 12 aromatic rings. The summed E-state index contributed by atoms with van der Waals surface area (Å²) in [5.41, 5.74) is 11.7. The standard InChI is InChI=1S/C55H33NO/c1-2-14-34(15-3-1)52-53-45-24-8-10-26-49(45)56-55(48(53)33-51-54(52)46-25-9-11-27-50(46)57-51)39-19-13-18-37(31-39)35-16-12-17-36(30-35)38-28-29-44-42-22-5-4-20-40(42)41-21-6-7-23-43(41)47(44)32-38/h1-33H. The molecular formula is C55H33NO. The molecule has 0 bridgehead atoms. The van der Waals surface area contributed by atoms with E-state index in [-0.39, 0.29) is 0 Å². The van der Waals surface area contributed by atoms with E-state index in [2.05, 4.69) is 194 Å². The Labute approximate surface area is 328 Å². The van der Waals surface area contributed by atoms with Crippen molar-refractivity contribution in [2.45, 2.75) is 0 Å². The Morgan fingerprint density at radius 3 is 1.49 bits per heavy atom. The molecule has 2 nitrogen and oxygen atoms in total. The fraction of sp³-hybridized carbons (Fsp3) is 0. The number of furan rings is 1. The first-order chi connectivity index (χ1) is 28.3. The van der Waals surface area contributed by atoms with Crippen molar-refractivity contribution in [3.8, 4) is 44.6 Å². The zero-order valence-corrected chi connectivity index (χ0v) is 30.9. The van der Waals surface area contributed by atoms with Crippen LogP contribution in [0, 0.1) is 0 Å². The number of benzene rings is 10.